The van der Waals surface area contributed by atoms with Crippen LogP contribution in [0.25, 0.3) is 10.9 Å². The van der Waals surface area contributed by atoms with E-state index in [1.54, 1.807) is 0 Å². The molecule has 6 heteroatoms. The van der Waals surface area contributed by atoms with Gasteiger partial charge >= 0.3 is 6.61 Å². The van der Waals surface area contributed by atoms with Crippen LogP contribution in [0.2, 0.25) is 0 Å². The van der Waals surface area contributed by atoms with E-state index in [0.29, 0.717) is 0 Å². The number of ether oxygens (including phenoxy) is 1. The van der Waals surface area contributed by atoms with Gasteiger partial charge in [-0.1, -0.05) is 0 Å². The lowest BCUT2D eigenvalue weighted by molar-refractivity contribution is -0.0728. The van der Waals surface area contributed by atoms with Crippen LogP contribution >= 0.6 is 0 Å². The quantitative estimate of drug-likeness (QED) is 0.870. The topological polar surface area (TPSA) is 48.5 Å². The normalized spacial score (nSPS) is 15.1. The first kappa shape index (κ1) is 18.7. The molecule has 134 valence electrons. The van der Waals surface area contributed by atoms with Gasteiger partial charge in [-0.25, -0.2) is 0 Å². The summed E-state index contributed by atoms with van der Waals surface area (Å²) in [6.07, 6.45) is 6.21. The van der Waals surface area contributed by atoms with Crippen molar-refractivity contribution >= 4 is 10.9 Å². The number of rotatable bonds is 5. The zero-order valence-electron chi connectivity index (χ0n) is 14.3. The summed E-state index contributed by atoms with van der Waals surface area (Å²) in [5.74, 6) is 0.967. The summed E-state index contributed by atoms with van der Waals surface area (Å²) >= 11 is 0. The van der Waals surface area contributed by atoms with Crippen molar-refractivity contribution in [3.05, 3.63) is 30.0 Å². The molecular weight excluding hydrogens is 314 g/mol. The smallest absolute Gasteiger partial charge is 0.342 e. The van der Waals surface area contributed by atoms with Gasteiger partial charge in [-0.15, -0.1) is 0 Å². The van der Waals surface area contributed by atoms with Crippen LogP contribution in [0.1, 0.15) is 32.3 Å². The van der Waals surface area contributed by atoms with Crippen molar-refractivity contribution in [2.75, 3.05) is 19.6 Å². The summed E-state index contributed by atoms with van der Waals surface area (Å²) < 4.78 is 25.6. The Morgan fingerprint density at radius 1 is 1.25 bits per heavy atom. The summed E-state index contributed by atoms with van der Waals surface area (Å²) in [5, 5.41) is 8.03. The summed E-state index contributed by atoms with van der Waals surface area (Å²) in [6.45, 7) is 4.67. The molecule has 4 nitrogen and oxygen atoms in total. The second kappa shape index (κ2) is 8.99. The maximum atomic E-state index is 9.89. The van der Waals surface area contributed by atoms with Crippen molar-refractivity contribution in [3.63, 3.8) is 0 Å². The first-order valence-electron chi connectivity index (χ1n) is 8.41. The Morgan fingerprint density at radius 2 is 1.92 bits per heavy atom. The number of nitrogens with one attached hydrogen (secondary N) is 1. The molecule has 2 N–H and O–H groups in total. The molecule has 3 rings (SSSR count). The molecule has 2 aromatic rings. The van der Waals surface area contributed by atoms with E-state index in [1.807, 2.05) is 6.07 Å². The number of nitrogens with zero attached hydrogens (tertiary/aromatic N) is 1. The molecule has 1 aromatic heterocycles. The average molecular weight is 340 g/mol. The first-order chi connectivity index (χ1) is 11.5. The zero-order valence-corrected chi connectivity index (χ0v) is 14.3. The third-order valence-electron chi connectivity index (χ3n) is 4.01. The Labute approximate surface area is 141 Å². The van der Waals surface area contributed by atoms with Gasteiger partial charge < -0.3 is 19.7 Å². The van der Waals surface area contributed by atoms with Gasteiger partial charge in [0, 0.05) is 23.6 Å². The number of aliphatic hydroxyl groups excluding tert-OH is 1. The fourth-order valence-electron chi connectivity index (χ4n) is 2.99. The molecule has 0 atom stereocenters. The van der Waals surface area contributed by atoms with Gasteiger partial charge in [0.25, 0.3) is 0 Å². The molecule has 1 aliphatic rings. The number of aromatic nitrogens is 1. The van der Waals surface area contributed by atoms with E-state index in [4.69, 9.17) is 9.84 Å². The van der Waals surface area contributed by atoms with E-state index in [-0.39, 0.29) is 6.10 Å². The molecule has 1 saturated heterocycles. The van der Waals surface area contributed by atoms with Gasteiger partial charge in [0.1, 0.15) is 5.75 Å². The van der Waals surface area contributed by atoms with Gasteiger partial charge in [0.15, 0.2) is 0 Å². The maximum Gasteiger partial charge on any atom is 0.342 e. The number of aromatic amines is 1. The molecule has 0 spiro atoms. The maximum absolute atomic E-state index is 9.89. The van der Waals surface area contributed by atoms with E-state index < -0.39 is 6.61 Å². The predicted molar refractivity (Wildman–Crippen MR) is 91.7 cm³/mol. The number of likely N-dealkylation sites (tertiary alicyclic amines) is 1. The van der Waals surface area contributed by atoms with Gasteiger partial charge in [0.2, 0.25) is 0 Å². The van der Waals surface area contributed by atoms with E-state index >= 15 is 0 Å². The molecule has 0 amide bonds. The van der Waals surface area contributed by atoms with E-state index in [0.717, 1.165) is 12.2 Å². The van der Waals surface area contributed by atoms with Gasteiger partial charge in [-0.2, -0.15) is 8.78 Å². The second-order valence-electron chi connectivity index (χ2n) is 6.26. The largest absolute Gasteiger partial charge is 0.491 e. The Balaban J connectivity index is 0.000000471. The lowest BCUT2D eigenvalue weighted by atomic mass is 10.1. The summed E-state index contributed by atoms with van der Waals surface area (Å²) in [7, 11) is 0. The lowest BCUT2D eigenvalue weighted by Crippen LogP contribution is -2.21. The summed E-state index contributed by atoms with van der Waals surface area (Å²) in [4.78, 5) is 5.93. The van der Waals surface area contributed by atoms with Crippen molar-refractivity contribution in [3.8, 4) is 5.75 Å². The SMILES string of the molecule is CC(C)Oc1ccc2[nH]cc(CCN3CCCC3)c2c1.OC(F)F. The van der Waals surface area contributed by atoms with Crippen LogP contribution in [0.15, 0.2) is 24.4 Å². The predicted octanol–water partition coefficient (Wildman–Crippen LogP) is 3.79. The van der Waals surface area contributed by atoms with Crippen molar-refractivity contribution in [1.29, 1.82) is 0 Å². The Bertz CT molecular complexity index is 620. The highest BCUT2D eigenvalue weighted by molar-refractivity contribution is 5.84. The molecule has 0 saturated carbocycles. The van der Waals surface area contributed by atoms with E-state index in [1.165, 1.54) is 48.9 Å². The fraction of sp³-hybridized carbons (Fsp3) is 0.556. The van der Waals surface area contributed by atoms with Crippen LogP contribution < -0.4 is 4.74 Å². The number of aliphatic hydroxyl groups is 1. The summed E-state index contributed by atoms with van der Waals surface area (Å²) in [5.41, 5.74) is 2.61. The first-order valence-corrected chi connectivity index (χ1v) is 8.41. The monoisotopic (exact) mass is 340 g/mol. The summed E-state index contributed by atoms with van der Waals surface area (Å²) in [6, 6.07) is 6.33. The molecule has 2 heterocycles. The minimum atomic E-state index is -3.17. The number of fused-ring (bicyclic) bond motifs is 1. The molecule has 1 aromatic carbocycles. The highest BCUT2D eigenvalue weighted by Gasteiger charge is 2.12. The van der Waals surface area contributed by atoms with Crippen molar-refractivity contribution in [1.82, 2.24) is 9.88 Å². The number of hydrogen-bond donors (Lipinski definition) is 2. The Hall–Kier alpha value is -1.66. The Kier molecular flexibility index (Phi) is 6.99. The van der Waals surface area contributed by atoms with Crippen LogP contribution in [-0.4, -0.2) is 47.3 Å². The molecular formula is C18H26F2N2O2. The number of halogens is 2. The fourth-order valence-corrected chi connectivity index (χ4v) is 2.99. The molecule has 0 radical (unpaired) electrons. The standard InChI is InChI=1S/C17H24N2O.CH2F2O/c1-13(2)20-15-5-6-17-16(11-15)14(12-18-17)7-10-19-8-3-4-9-19;2-1(3)4/h5-6,11-13,18H,3-4,7-10H2,1-2H3;1,4H. The minimum absolute atomic E-state index is 0.222. The average Bonchev–Trinajstić information content (AvgIpc) is 3.12. The second-order valence-corrected chi connectivity index (χ2v) is 6.26. The molecule has 24 heavy (non-hydrogen) atoms. The van der Waals surface area contributed by atoms with Crippen molar-refractivity contribution in [2.45, 2.75) is 45.8 Å². The number of hydrogen-bond acceptors (Lipinski definition) is 3. The van der Waals surface area contributed by atoms with Crippen LogP contribution in [0.5, 0.6) is 5.75 Å². The third-order valence-corrected chi connectivity index (χ3v) is 4.01. The van der Waals surface area contributed by atoms with Gasteiger partial charge in [0.05, 0.1) is 6.10 Å². The van der Waals surface area contributed by atoms with Gasteiger partial charge in [-0.05, 0) is 70.0 Å². The van der Waals surface area contributed by atoms with E-state index in [2.05, 4.69) is 42.1 Å². The number of H-pyrrole nitrogens is 1. The Morgan fingerprint density at radius 3 is 2.54 bits per heavy atom. The van der Waals surface area contributed by atoms with Crippen LogP contribution in [0.4, 0.5) is 8.78 Å². The minimum Gasteiger partial charge on any atom is -0.491 e. The van der Waals surface area contributed by atoms with Crippen LogP contribution in [0.3, 0.4) is 0 Å². The number of alkyl halides is 2. The molecule has 0 aliphatic carbocycles. The third kappa shape index (κ3) is 5.76. The number of benzene rings is 1. The lowest BCUT2D eigenvalue weighted by Gasteiger charge is -2.14. The zero-order chi connectivity index (χ0) is 17.5. The highest BCUT2D eigenvalue weighted by Crippen LogP contribution is 2.25. The van der Waals surface area contributed by atoms with Crippen molar-refractivity contribution < 1.29 is 18.6 Å². The van der Waals surface area contributed by atoms with Gasteiger partial charge in [-0.3, -0.25) is 0 Å². The van der Waals surface area contributed by atoms with E-state index in [9.17, 15) is 8.78 Å². The highest BCUT2D eigenvalue weighted by atomic mass is 19.3. The molecule has 1 fully saturated rings. The molecule has 0 unspecified atom stereocenters. The molecule has 1 aliphatic heterocycles. The van der Waals surface area contributed by atoms with Crippen molar-refractivity contribution in [2.24, 2.45) is 0 Å². The van der Waals surface area contributed by atoms with Crippen LogP contribution in [-0.2, 0) is 6.42 Å². The molecule has 0 bridgehead atoms. The van der Waals surface area contributed by atoms with Crippen LogP contribution in [0, 0.1) is 0 Å².